The Hall–Kier alpha value is -1.85. The van der Waals surface area contributed by atoms with Gasteiger partial charge in [0.2, 0.25) is 5.89 Å². The second-order valence-corrected chi connectivity index (χ2v) is 7.31. The van der Waals surface area contributed by atoms with Crippen LogP contribution in [0.1, 0.15) is 56.5 Å². The molecule has 2 fully saturated rings. The molecule has 0 atom stereocenters. The molecule has 4 rings (SSSR count). The number of thiazole rings is 1. The third-order valence-corrected chi connectivity index (χ3v) is 5.50. The molecule has 23 heavy (non-hydrogen) atoms. The Morgan fingerprint density at radius 1 is 1.30 bits per heavy atom. The first-order valence-electron chi connectivity index (χ1n) is 7.97. The molecule has 0 bridgehead atoms. The Balaban J connectivity index is 0.000000485. The summed E-state index contributed by atoms with van der Waals surface area (Å²) in [6.07, 6.45) is 7.81. The van der Waals surface area contributed by atoms with Crippen molar-refractivity contribution in [3.8, 4) is 10.9 Å². The van der Waals surface area contributed by atoms with Crippen molar-refractivity contribution in [2.75, 3.05) is 0 Å². The van der Waals surface area contributed by atoms with Gasteiger partial charge in [-0.1, -0.05) is 26.2 Å². The summed E-state index contributed by atoms with van der Waals surface area (Å²) in [7, 11) is 0. The first kappa shape index (κ1) is 16.0. The lowest BCUT2D eigenvalue weighted by molar-refractivity contribution is -0.191. The van der Waals surface area contributed by atoms with E-state index in [1.807, 2.05) is 0 Å². The minimum Gasteiger partial charge on any atom is -0.418 e. The minimum absolute atomic E-state index is 0.250. The molecule has 2 saturated carbocycles. The fraction of sp³-hybridized carbons (Fsp3) is 0.625. The van der Waals surface area contributed by atoms with Crippen LogP contribution >= 0.6 is 11.3 Å². The summed E-state index contributed by atoms with van der Waals surface area (Å²) in [6, 6.07) is 0. The van der Waals surface area contributed by atoms with Crippen molar-refractivity contribution in [2.24, 2.45) is 11.8 Å². The summed E-state index contributed by atoms with van der Waals surface area (Å²) in [5, 5.41) is 11.4. The third-order valence-electron chi connectivity index (χ3n) is 4.62. The fourth-order valence-corrected chi connectivity index (χ4v) is 3.83. The third kappa shape index (κ3) is 3.74. The quantitative estimate of drug-likeness (QED) is 0.851. The highest BCUT2D eigenvalue weighted by atomic mass is 32.1. The molecule has 0 radical (unpaired) electrons. The predicted octanol–water partition coefficient (Wildman–Crippen LogP) is 3.47. The molecular weight excluding hydrogens is 314 g/mol. The van der Waals surface area contributed by atoms with Gasteiger partial charge in [0.1, 0.15) is 0 Å². The highest BCUT2D eigenvalue weighted by Gasteiger charge is 2.31. The summed E-state index contributed by atoms with van der Waals surface area (Å²) in [6.45, 7) is 2.27. The van der Waals surface area contributed by atoms with Crippen molar-refractivity contribution in [3.05, 3.63) is 17.0 Å². The molecule has 0 amide bonds. The second kappa shape index (κ2) is 7.15. The van der Waals surface area contributed by atoms with E-state index in [9.17, 15) is 0 Å². The molecule has 2 heterocycles. The molecule has 2 aromatic heterocycles. The van der Waals surface area contributed by atoms with Crippen LogP contribution in [0.4, 0.5) is 0 Å². The molecule has 2 aliphatic carbocycles. The largest absolute Gasteiger partial charge is 0.418 e. The van der Waals surface area contributed by atoms with Crippen LogP contribution in [0.25, 0.3) is 10.9 Å². The average Bonchev–Trinajstić information content (AvgIpc) is 3.09. The predicted molar refractivity (Wildman–Crippen MR) is 82.6 cm³/mol. The van der Waals surface area contributed by atoms with E-state index in [2.05, 4.69) is 27.5 Å². The molecular formula is C16H19N3O3S. The van der Waals surface area contributed by atoms with Gasteiger partial charge in [-0.2, -0.15) is 9.59 Å². The van der Waals surface area contributed by atoms with Gasteiger partial charge in [0.25, 0.3) is 5.89 Å². The van der Waals surface area contributed by atoms with Crippen LogP contribution in [-0.2, 0) is 16.0 Å². The first-order chi connectivity index (χ1) is 11.2. The number of aromatic nitrogens is 3. The molecule has 122 valence electrons. The maximum atomic E-state index is 8.12. The standard InChI is InChI=1S/C15H19N3OS.CO2/c1-9-5-11(6-9)13-17-18-14(19-13)15-16-12(8-20-15)7-10-3-2-4-10;2-1-3/h8-11H,2-7H2,1H3;. The van der Waals surface area contributed by atoms with Gasteiger partial charge in [-0.25, -0.2) is 4.98 Å². The van der Waals surface area contributed by atoms with Crippen LogP contribution in [0, 0.1) is 11.8 Å². The molecule has 0 unspecified atom stereocenters. The number of carbonyl (C=O) groups excluding carboxylic acids is 2. The van der Waals surface area contributed by atoms with Crippen LogP contribution in [0.3, 0.4) is 0 Å². The van der Waals surface area contributed by atoms with E-state index in [1.54, 1.807) is 11.3 Å². The van der Waals surface area contributed by atoms with E-state index in [0.29, 0.717) is 11.8 Å². The molecule has 7 heteroatoms. The van der Waals surface area contributed by atoms with Crippen molar-refractivity contribution >= 4 is 17.5 Å². The normalized spacial score (nSPS) is 23.2. The summed E-state index contributed by atoms with van der Waals surface area (Å²) >= 11 is 1.62. The maximum absolute atomic E-state index is 8.12. The number of hydrogen-bond donors (Lipinski definition) is 0. The van der Waals surface area contributed by atoms with E-state index >= 15 is 0 Å². The Bertz CT molecular complexity index is 680. The van der Waals surface area contributed by atoms with Gasteiger partial charge in [0.15, 0.2) is 5.01 Å². The molecule has 0 N–H and O–H groups in total. The van der Waals surface area contributed by atoms with Gasteiger partial charge in [0, 0.05) is 11.3 Å². The summed E-state index contributed by atoms with van der Waals surface area (Å²) in [4.78, 5) is 20.9. The second-order valence-electron chi connectivity index (χ2n) is 6.45. The van der Waals surface area contributed by atoms with E-state index in [4.69, 9.17) is 14.0 Å². The lowest BCUT2D eigenvalue weighted by Gasteiger charge is -2.29. The number of hydrogen-bond acceptors (Lipinski definition) is 7. The Morgan fingerprint density at radius 3 is 2.65 bits per heavy atom. The van der Waals surface area contributed by atoms with Gasteiger partial charge in [-0.3, -0.25) is 0 Å². The van der Waals surface area contributed by atoms with E-state index in [-0.39, 0.29) is 6.15 Å². The highest BCUT2D eigenvalue weighted by Crippen LogP contribution is 2.41. The van der Waals surface area contributed by atoms with Crippen LogP contribution in [0.15, 0.2) is 9.80 Å². The van der Waals surface area contributed by atoms with Gasteiger partial charge in [0.05, 0.1) is 5.69 Å². The zero-order valence-corrected chi connectivity index (χ0v) is 13.8. The molecule has 0 saturated heterocycles. The Labute approximate surface area is 138 Å². The van der Waals surface area contributed by atoms with Gasteiger partial charge in [-0.05, 0) is 31.1 Å². The minimum atomic E-state index is 0.250. The van der Waals surface area contributed by atoms with Crippen molar-refractivity contribution in [1.82, 2.24) is 15.2 Å². The summed E-state index contributed by atoms with van der Waals surface area (Å²) < 4.78 is 5.81. The van der Waals surface area contributed by atoms with Gasteiger partial charge < -0.3 is 4.42 Å². The molecule has 2 aromatic rings. The molecule has 2 aliphatic rings. The van der Waals surface area contributed by atoms with Crippen molar-refractivity contribution in [3.63, 3.8) is 0 Å². The zero-order chi connectivity index (χ0) is 16.2. The molecule has 0 spiro atoms. The van der Waals surface area contributed by atoms with E-state index in [1.165, 1.54) is 37.8 Å². The highest BCUT2D eigenvalue weighted by molar-refractivity contribution is 7.13. The monoisotopic (exact) mass is 333 g/mol. The van der Waals surface area contributed by atoms with Crippen molar-refractivity contribution in [2.45, 2.75) is 51.4 Å². The first-order valence-corrected chi connectivity index (χ1v) is 8.85. The molecule has 6 nitrogen and oxygen atoms in total. The van der Waals surface area contributed by atoms with Crippen molar-refractivity contribution in [1.29, 1.82) is 0 Å². The SMILES string of the molecule is CC1CC(c2nnc(-c3nc(CC4CCC4)cs3)o2)C1.O=C=O. The van der Waals surface area contributed by atoms with E-state index < -0.39 is 0 Å². The smallest absolute Gasteiger partial charge is 0.373 e. The van der Waals surface area contributed by atoms with Crippen LogP contribution in [0.5, 0.6) is 0 Å². The van der Waals surface area contributed by atoms with E-state index in [0.717, 1.165) is 29.2 Å². The fourth-order valence-electron chi connectivity index (χ4n) is 3.08. The zero-order valence-electron chi connectivity index (χ0n) is 13.0. The lowest BCUT2D eigenvalue weighted by atomic mass is 9.76. The topological polar surface area (TPSA) is 85.9 Å². The van der Waals surface area contributed by atoms with Crippen LogP contribution in [-0.4, -0.2) is 21.3 Å². The van der Waals surface area contributed by atoms with Crippen LogP contribution < -0.4 is 0 Å². The maximum Gasteiger partial charge on any atom is 0.373 e. The summed E-state index contributed by atoms with van der Waals surface area (Å²) in [5.74, 6) is 3.52. The number of nitrogens with zero attached hydrogens (tertiary/aromatic N) is 3. The molecule has 0 aromatic carbocycles. The lowest BCUT2D eigenvalue weighted by Crippen LogP contribution is -2.19. The van der Waals surface area contributed by atoms with Crippen molar-refractivity contribution < 1.29 is 14.0 Å². The molecule has 0 aliphatic heterocycles. The number of rotatable bonds is 4. The Morgan fingerprint density at radius 2 is 2.04 bits per heavy atom. The van der Waals surface area contributed by atoms with Gasteiger partial charge >= 0.3 is 6.15 Å². The average molecular weight is 333 g/mol. The van der Waals surface area contributed by atoms with Gasteiger partial charge in [-0.15, -0.1) is 21.5 Å². The summed E-state index contributed by atoms with van der Waals surface area (Å²) in [5.41, 5.74) is 1.19. The Kier molecular flexibility index (Phi) is 4.98. The van der Waals surface area contributed by atoms with Crippen LogP contribution in [0.2, 0.25) is 0 Å².